The molecule has 2 bridgehead atoms. The third-order valence-corrected chi connectivity index (χ3v) is 5.42. The van der Waals surface area contributed by atoms with Gasteiger partial charge in [-0.1, -0.05) is 13.8 Å². The molecule has 2 heterocycles. The van der Waals surface area contributed by atoms with Crippen molar-refractivity contribution in [1.82, 2.24) is 9.80 Å². The van der Waals surface area contributed by atoms with Crippen LogP contribution in [-0.2, 0) is 4.79 Å². The first-order valence-corrected chi connectivity index (χ1v) is 9.80. The van der Waals surface area contributed by atoms with Gasteiger partial charge >= 0.3 is 0 Å². The zero-order chi connectivity index (χ0) is 19.4. The number of hydrogen-bond acceptors (Lipinski definition) is 5. The normalized spacial score (nSPS) is 23.3. The van der Waals surface area contributed by atoms with E-state index in [1.165, 1.54) is 0 Å². The van der Waals surface area contributed by atoms with Crippen molar-refractivity contribution in [2.24, 2.45) is 5.92 Å². The molecule has 3 atom stereocenters. The van der Waals surface area contributed by atoms with E-state index in [-0.39, 0.29) is 12.5 Å². The minimum absolute atomic E-state index is 0.220. The molecule has 146 valence electrons. The molecule has 0 spiro atoms. The highest BCUT2D eigenvalue weighted by molar-refractivity contribution is 5.76. The van der Waals surface area contributed by atoms with Crippen LogP contribution < -0.4 is 4.74 Å². The number of fused-ring (bicyclic) bond motifs is 2. The summed E-state index contributed by atoms with van der Waals surface area (Å²) in [5.74, 6) is 1.29. The summed E-state index contributed by atoms with van der Waals surface area (Å²) < 4.78 is 5.65. The number of hydrogen-bond donors (Lipinski definition) is 1. The Labute approximate surface area is 161 Å². The van der Waals surface area contributed by atoms with E-state index in [9.17, 15) is 9.90 Å². The minimum atomic E-state index is -0.582. The molecule has 2 aliphatic heterocycles. The number of amides is 1. The predicted octanol–water partition coefficient (Wildman–Crippen LogP) is 2.02. The monoisotopic (exact) mass is 371 g/mol. The Morgan fingerprint density at radius 3 is 2.44 bits per heavy atom. The molecule has 1 amide bonds. The van der Waals surface area contributed by atoms with Crippen molar-refractivity contribution in [3.8, 4) is 11.8 Å². The smallest absolute Gasteiger partial charge is 0.222 e. The van der Waals surface area contributed by atoms with Crippen molar-refractivity contribution in [2.75, 3.05) is 26.2 Å². The number of carbonyl (C=O) groups is 1. The molecule has 6 nitrogen and oxygen atoms in total. The maximum atomic E-state index is 12.4. The van der Waals surface area contributed by atoms with Crippen molar-refractivity contribution in [2.45, 2.75) is 51.3 Å². The third kappa shape index (κ3) is 5.00. The number of nitrogens with zero attached hydrogens (tertiary/aromatic N) is 3. The summed E-state index contributed by atoms with van der Waals surface area (Å²) in [7, 11) is 0. The van der Waals surface area contributed by atoms with Gasteiger partial charge in [0.2, 0.25) is 5.91 Å². The molecule has 2 aliphatic rings. The number of aliphatic hydroxyl groups excluding tert-OH is 1. The molecular formula is C21H29N3O3. The number of piperazine rings is 1. The van der Waals surface area contributed by atoms with Gasteiger partial charge in [0.05, 0.1) is 11.6 Å². The van der Waals surface area contributed by atoms with Crippen LogP contribution in [0.3, 0.4) is 0 Å². The van der Waals surface area contributed by atoms with E-state index in [0.29, 0.717) is 42.3 Å². The van der Waals surface area contributed by atoms with Crippen LogP contribution in [0.5, 0.6) is 5.75 Å². The first-order valence-electron chi connectivity index (χ1n) is 9.80. The summed E-state index contributed by atoms with van der Waals surface area (Å²) in [5, 5.41) is 19.2. The van der Waals surface area contributed by atoms with Crippen LogP contribution in [0.15, 0.2) is 24.3 Å². The average Bonchev–Trinajstić information content (AvgIpc) is 2.87. The minimum Gasteiger partial charge on any atom is -0.491 e. The zero-order valence-electron chi connectivity index (χ0n) is 16.2. The Morgan fingerprint density at radius 2 is 1.89 bits per heavy atom. The van der Waals surface area contributed by atoms with Gasteiger partial charge in [0.15, 0.2) is 0 Å². The van der Waals surface area contributed by atoms with E-state index in [1.807, 2.05) is 4.90 Å². The quantitative estimate of drug-likeness (QED) is 0.793. The van der Waals surface area contributed by atoms with E-state index < -0.39 is 6.10 Å². The molecule has 6 heteroatoms. The summed E-state index contributed by atoms with van der Waals surface area (Å²) in [4.78, 5) is 16.7. The van der Waals surface area contributed by atoms with E-state index in [0.717, 1.165) is 25.9 Å². The van der Waals surface area contributed by atoms with Gasteiger partial charge < -0.3 is 14.7 Å². The fourth-order valence-corrected chi connectivity index (χ4v) is 4.08. The molecule has 1 N–H and O–H groups in total. The Bertz CT molecular complexity index is 669. The van der Waals surface area contributed by atoms with Gasteiger partial charge in [0, 0.05) is 38.1 Å². The fourth-order valence-electron chi connectivity index (χ4n) is 4.08. The number of carbonyl (C=O) groups excluding carboxylic acids is 1. The van der Waals surface area contributed by atoms with Gasteiger partial charge in [-0.05, 0) is 43.0 Å². The van der Waals surface area contributed by atoms with Crippen LogP contribution in [0, 0.1) is 17.2 Å². The molecule has 0 aliphatic carbocycles. The second-order valence-corrected chi connectivity index (χ2v) is 8.08. The Balaban J connectivity index is 1.48. The first kappa shape index (κ1) is 19.7. The summed E-state index contributed by atoms with van der Waals surface area (Å²) in [6, 6.07) is 9.64. The lowest BCUT2D eigenvalue weighted by atomic mass is 10.1. The highest BCUT2D eigenvalue weighted by atomic mass is 16.5. The molecule has 0 saturated carbocycles. The summed E-state index contributed by atoms with van der Waals surface area (Å²) >= 11 is 0. The van der Waals surface area contributed by atoms with Crippen molar-refractivity contribution >= 4 is 5.91 Å². The van der Waals surface area contributed by atoms with E-state index in [4.69, 9.17) is 10.00 Å². The lowest BCUT2D eigenvalue weighted by Gasteiger charge is -2.42. The zero-order valence-corrected chi connectivity index (χ0v) is 16.2. The predicted molar refractivity (Wildman–Crippen MR) is 102 cm³/mol. The van der Waals surface area contributed by atoms with Crippen LogP contribution in [0.1, 0.15) is 38.7 Å². The Kier molecular flexibility index (Phi) is 6.35. The number of aliphatic hydroxyl groups is 1. The van der Waals surface area contributed by atoms with E-state index in [2.05, 4.69) is 24.8 Å². The summed E-state index contributed by atoms with van der Waals surface area (Å²) in [6.07, 6.45) is 2.20. The van der Waals surface area contributed by atoms with Gasteiger partial charge in [-0.3, -0.25) is 9.69 Å². The SMILES string of the molecule is CC(C)CC(=O)N1CC2CCC(C1)N2CC(O)COc1ccc(C#N)cc1. The average molecular weight is 371 g/mol. The van der Waals surface area contributed by atoms with Crippen LogP contribution in [0.25, 0.3) is 0 Å². The van der Waals surface area contributed by atoms with Crippen molar-refractivity contribution in [1.29, 1.82) is 5.26 Å². The highest BCUT2D eigenvalue weighted by Gasteiger charge is 2.41. The number of rotatable bonds is 7. The lowest BCUT2D eigenvalue weighted by Crippen LogP contribution is -2.57. The number of ether oxygens (including phenoxy) is 1. The second-order valence-electron chi connectivity index (χ2n) is 8.08. The van der Waals surface area contributed by atoms with Gasteiger partial charge in [-0.2, -0.15) is 5.26 Å². The molecule has 0 radical (unpaired) electrons. The third-order valence-electron chi connectivity index (χ3n) is 5.42. The Hall–Kier alpha value is -2.10. The van der Waals surface area contributed by atoms with Gasteiger partial charge in [-0.25, -0.2) is 0 Å². The highest BCUT2D eigenvalue weighted by Crippen LogP contribution is 2.30. The molecular weight excluding hydrogens is 342 g/mol. The molecule has 0 aromatic heterocycles. The molecule has 3 rings (SSSR count). The summed E-state index contributed by atoms with van der Waals surface area (Å²) in [5.41, 5.74) is 0.587. The molecule has 2 saturated heterocycles. The maximum absolute atomic E-state index is 12.4. The van der Waals surface area contributed by atoms with Crippen molar-refractivity contribution in [3.63, 3.8) is 0 Å². The topological polar surface area (TPSA) is 76.8 Å². The van der Waals surface area contributed by atoms with Gasteiger partial charge in [0.1, 0.15) is 18.5 Å². The number of likely N-dealkylation sites (tertiary alicyclic amines) is 1. The van der Waals surface area contributed by atoms with Gasteiger partial charge in [0.25, 0.3) is 0 Å². The second kappa shape index (κ2) is 8.73. The molecule has 27 heavy (non-hydrogen) atoms. The maximum Gasteiger partial charge on any atom is 0.222 e. The first-order chi connectivity index (χ1) is 13.0. The van der Waals surface area contributed by atoms with Crippen LogP contribution >= 0.6 is 0 Å². The molecule has 1 aromatic rings. The van der Waals surface area contributed by atoms with Crippen LogP contribution in [0.2, 0.25) is 0 Å². The molecule has 3 unspecified atom stereocenters. The van der Waals surface area contributed by atoms with Crippen LogP contribution in [0.4, 0.5) is 0 Å². The van der Waals surface area contributed by atoms with E-state index >= 15 is 0 Å². The van der Waals surface area contributed by atoms with Crippen molar-refractivity contribution in [3.05, 3.63) is 29.8 Å². The number of nitriles is 1. The van der Waals surface area contributed by atoms with Crippen molar-refractivity contribution < 1.29 is 14.6 Å². The number of benzene rings is 1. The lowest BCUT2D eigenvalue weighted by molar-refractivity contribution is -0.135. The van der Waals surface area contributed by atoms with E-state index in [1.54, 1.807) is 24.3 Å². The summed E-state index contributed by atoms with van der Waals surface area (Å²) in [6.45, 7) is 6.48. The molecule has 2 fully saturated rings. The standard InChI is InChI=1S/C21H29N3O3/c1-15(2)9-21(26)23-11-17-5-6-18(12-23)24(17)13-19(25)14-27-20-7-3-16(10-22)4-8-20/h3-4,7-8,15,17-19,25H,5-6,9,11-14H2,1-2H3. The largest absolute Gasteiger partial charge is 0.491 e. The fraction of sp³-hybridized carbons (Fsp3) is 0.619. The van der Waals surface area contributed by atoms with Crippen LogP contribution in [-0.4, -0.2) is 65.2 Å². The molecule has 1 aromatic carbocycles. The van der Waals surface area contributed by atoms with Gasteiger partial charge in [-0.15, -0.1) is 0 Å². The Morgan fingerprint density at radius 1 is 1.26 bits per heavy atom.